The van der Waals surface area contributed by atoms with Crippen LogP contribution in [0.15, 0.2) is 53.3 Å². The number of amides is 1. The Kier molecular flexibility index (Phi) is 6.40. The van der Waals surface area contributed by atoms with Crippen molar-refractivity contribution in [3.8, 4) is 0 Å². The summed E-state index contributed by atoms with van der Waals surface area (Å²) in [6, 6.07) is 5.98. The summed E-state index contributed by atoms with van der Waals surface area (Å²) in [5.74, 6) is 0. The van der Waals surface area contributed by atoms with E-state index in [1.807, 2.05) is 12.1 Å². The summed E-state index contributed by atoms with van der Waals surface area (Å²) in [5, 5.41) is 4.24. The van der Waals surface area contributed by atoms with E-state index in [2.05, 4.69) is 35.7 Å². The second-order valence-corrected chi connectivity index (χ2v) is 10.3. The number of alkyl halides is 3. The number of hydrogen-bond donors (Lipinski definition) is 1. The normalized spacial score (nSPS) is 18.6. The van der Waals surface area contributed by atoms with Crippen LogP contribution >= 0.6 is 46.4 Å². The predicted octanol–water partition coefficient (Wildman–Crippen LogP) is 6.14. The summed E-state index contributed by atoms with van der Waals surface area (Å²) in [6.45, 7) is 1.60. The fraction of sp³-hybridized carbons (Fsp3) is 0.318. The fourth-order valence-corrected chi connectivity index (χ4v) is 4.27. The van der Waals surface area contributed by atoms with Gasteiger partial charge in [0, 0.05) is 35.9 Å². The summed E-state index contributed by atoms with van der Waals surface area (Å²) in [7, 11) is 0. The molecule has 4 nitrogen and oxygen atoms in total. The lowest BCUT2D eigenvalue weighted by Crippen LogP contribution is -2.38. The first kappa shape index (κ1) is 21.6. The first-order valence-electron chi connectivity index (χ1n) is 9.65. The number of allylic oxidation sites excluding steroid dienone is 4. The van der Waals surface area contributed by atoms with Crippen LogP contribution in [0.3, 0.4) is 0 Å². The van der Waals surface area contributed by atoms with Crippen molar-refractivity contribution in [3.05, 3.63) is 69.4 Å². The van der Waals surface area contributed by atoms with Crippen molar-refractivity contribution in [1.29, 1.82) is 0 Å². The van der Waals surface area contributed by atoms with Crippen LogP contribution in [-0.4, -0.2) is 41.0 Å². The maximum absolute atomic E-state index is 12.3. The van der Waals surface area contributed by atoms with E-state index in [4.69, 9.17) is 51.1 Å². The Bertz CT molecular complexity index is 979. The molecule has 0 bridgehead atoms. The third-order valence-corrected chi connectivity index (χ3v) is 5.86. The van der Waals surface area contributed by atoms with Gasteiger partial charge in [0.1, 0.15) is 6.61 Å². The van der Waals surface area contributed by atoms with Gasteiger partial charge in [0.25, 0.3) is 0 Å². The number of fused-ring (bicyclic) bond motifs is 1. The summed E-state index contributed by atoms with van der Waals surface area (Å²) in [6.07, 6.45) is 9.48. The zero-order valence-electron chi connectivity index (χ0n) is 16.1. The number of nitrogens with zero attached hydrogens (tertiary/aromatic N) is 1. The minimum atomic E-state index is -1.61. The topological polar surface area (TPSA) is 41.6 Å². The molecule has 1 aliphatic carbocycles. The van der Waals surface area contributed by atoms with Gasteiger partial charge in [0.15, 0.2) is 0 Å². The number of rotatable bonds is 1. The number of carbonyl (C=O) groups excluding carboxylic acids is 1. The van der Waals surface area contributed by atoms with E-state index in [-0.39, 0.29) is 6.61 Å². The van der Waals surface area contributed by atoms with E-state index in [9.17, 15) is 4.79 Å². The second-order valence-electron chi connectivity index (χ2n) is 7.31. The van der Waals surface area contributed by atoms with Crippen molar-refractivity contribution >= 4 is 64.1 Å². The Morgan fingerprint density at radius 2 is 1.90 bits per heavy atom. The van der Waals surface area contributed by atoms with E-state index in [1.165, 1.54) is 11.1 Å². The molecule has 1 aromatic carbocycles. The molecular formula is C22H20Cl4N2O2. The number of halogens is 4. The lowest BCUT2D eigenvalue weighted by atomic mass is 9.88. The SMILES string of the molecule is O=C(OCC(Cl)(Cl)Cl)N1CCC(=C2C3=C(C=CCN3)C=Cc3cc(Cl)ccc32)CC1. The quantitative estimate of drug-likeness (QED) is 0.486. The molecule has 2 aliphatic heterocycles. The van der Waals surface area contributed by atoms with Crippen molar-refractivity contribution in [3.63, 3.8) is 0 Å². The minimum absolute atomic E-state index is 0.271. The first-order valence-corrected chi connectivity index (χ1v) is 11.2. The number of hydrogen-bond acceptors (Lipinski definition) is 3. The lowest BCUT2D eigenvalue weighted by molar-refractivity contribution is 0.101. The van der Waals surface area contributed by atoms with Gasteiger partial charge in [-0.05, 0) is 41.7 Å². The van der Waals surface area contributed by atoms with Crippen LogP contribution in [0, 0.1) is 0 Å². The molecule has 1 aromatic rings. The highest BCUT2D eigenvalue weighted by atomic mass is 35.6. The number of nitrogens with one attached hydrogen (secondary N) is 1. The molecular weight excluding hydrogens is 466 g/mol. The van der Waals surface area contributed by atoms with E-state index in [0.717, 1.165) is 41.8 Å². The molecule has 158 valence electrons. The highest BCUT2D eigenvalue weighted by Gasteiger charge is 2.28. The van der Waals surface area contributed by atoms with Gasteiger partial charge in [-0.15, -0.1) is 0 Å². The van der Waals surface area contributed by atoms with Crippen molar-refractivity contribution in [2.24, 2.45) is 0 Å². The smallest absolute Gasteiger partial charge is 0.409 e. The Morgan fingerprint density at radius 3 is 2.63 bits per heavy atom. The van der Waals surface area contributed by atoms with Crippen LogP contribution in [0.25, 0.3) is 11.6 Å². The molecule has 1 saturated heterocycles. The molecule has 0 saturated carbocycles. The average molecular weight is 486 g/mol. The van der Waals surface area contributed by atoms with Crippen LogP contribution < -0.4 is 5.32 Å². The van der Waals surface area contributed by atoms with Crippen molar-refractivity contribution in [2.75, 3.05) is 26.2 Å². The summed E-state index contributed by atoms with van der Waals surface area (Å²) in [5.41, 5.74) is 6.98. The maximum atomic E-state index is 12.3. The lowest BCUT2D eigenvalue weighted by Gasteiger charge is -2.31. The van der Waals surface area contributed by atoms with Gasteiger partial charge in [-0.3, -0.25) is 0 Å². The predicted molar refractivity (Wildman–Crippen MR) is 124 cm³/mol. The monoisotopic (exact) mass is 484 g/mol. The summed E-state index contributed by atoms with van der Waals surface area (Å²) >= 11 is 23.3. The number of dihydropyridines is 1. The molecule has 2 heterocycles. The largest absolute Gasteiger partial charge is 0.445 e. The molecule has 0 atom stereocenters. The Labute approximate surface area is 195 Å². The van der Waals surface area contributed by atoms with Gasteiger partial charge in [-0.2, -0.15) is 0 Å². The van der Waals surface area contributed by atoms with E-state index < -0.39 is 9.89 Å². The third kappa shape index (κ3) is 4.83. The Balaban J connectivity index is 1.62. The molecule has 30 heavy (non-hydrogen) atoms. The highest BCUT2D eigenvalue weighted by Crippen LogP contribution is 2.39. The van der Waals surface area contributed by atoms with E-state index >= 15 is 0 Å². The first-order chi connectivity index (χ1) is 14.3. The molecule has 8 heteroatoms. The zero-order chi connectivity index (χ0) is 21.3. The van der Waals surface area contributed by atoms with Gasteiger partial charge in [0.05, 0.1) is 0 Å². The van der Waals surface area contributed by atoms with Crippen LogP contribution in [0.2, 0.25) is 5.02 Å². The van der Waals surface area contributed by atoms with Crippen LogP contribution in [0.5, 0.6) is 0 Å². The highest BCUT2D eigenvalue weighted by molar-refractivity contribution is 6.67. The number of carbonyl (C=O) groups is 1. The molecule has 1 N–H and O–H groups in total. The van der Waals surface area contributed by atoms with Gasteiger partial charge < -0.3 is 15.0 Å². The van der Waals surface area contributed by atoms with Crippen LogP contribution in [-0.2, 0) is 4.74 Å². The molecule has 0 spiro atoms. The fourth-order valence-electron chi connectivity index (χ4n) is 3.93. The number of benzene rings is 1. The number of piperidine rings is 1. The summed E-state index contributed by atoms with van der Waals surface area (Å²) < 4.78 is 3.51. The molecule has 1 fully saturated rings. The summed E-state index contributed by atoms with van der Waals surface area (Å²) in [4.78, 5) is 14.0. The molecule has 1 amide bonds. The van der Waals surface area contributed by atoms with Gasteiger partial charge in [0.2, 0.25) is 3.79 Å². The molecule has 0 radical (unpaired) electrons. The maximum Gasteiger partial charge on any atom is 0.409 e. The standard InChI is InChI=1S/C22H20Cl4N2O2/c23-17-5-6-18-16(12-17)4-3-15-2-1-9-27-20(15)19(18)14-7-10-28(11-8-14)21(29)30-13-22(24,25)26/h1-6,12,27H,7-11,13H2. The molecule has 0 aromatic heterocycles. The van der Waals surface area contributed by atoms with Gasteiger partial charge >= 0.3 is 6.09 Å². The van der Waals surface area contributed by atoms with Crippen molar-refractivity contribution < 1.29 is 9.53 Å². The third-order valence-electron chi connectivity index (χ3n) is 5.30. The van der Waals surface area contributed by atoms with Crippen LogP contribution in [0.4, 0.5) is 4.79 Å². The zero-order valence-corrected chi connectivity index (χ0v) is 19.1. The molecule has 3 aliphatic rings. The number of likely N-dealkylation sites (tertiary alicyclic amines) is 1. The minimum Gasteiger partial charge on any atom is -0.445 e. The van der Waals surface area contributed by atoms with Crippen molar-refractivity contribution in [2.45, 2.75) is 16.6 Å². The Hall–Kier alpha value is -1.59. The van der Waals surface area contributed by atoms with Crippen LogP contribution in [0.1, 0.15) is 24.0 Å². The Morgan fingerprint density at radius 1 is 1.13 bits per heavy atom. The second kappa shape index (κ2) is 8.88. The van der Waals surface area contributed by atoms with E-state index in [1.54, 1.807) is 4.90 Å². The molecule has 0 unspecified atom stereocenters. The van der Waals surface area contributed by atoms with Gasteiger partial charge in [-0.25, -0.2) is 4.79 Å². The molecule has 4 rings (SSSR count). The van der Waals surface area contributed by atoms with Crippen molar-refractivity contribution in [1.82, 2.24) is 10.2 Å². The van der Waals surface area contributed by atoms with Gasteiger partial charge in [-0.1, -0.05) is 82.3 Å². The van der Waals surface area contributed by atoms with E-state index in [0.29, 0.717) is 18.1 Å². The number of ether oxygens (including phenoxy) is 1. The average Bonchev–Trinajstić information content (AvgIpc) is 2.88.